The van der Waals surface area contributed by atoms with Crippen molar-refractivity contribution in [3.05, 3.63) is 34.2 Å². The fourth-order valence-corrected chi connectivity index (χ4v) is 2.87. The van der Waals surface area contributed by atoms with E-state index >= 15 is 0 Å². The van der Waals surface area contributed by atoms with Crippen LogP contribution in [0, 0.1) is 4.91 Å². The summed E-state index contributed by atoms with van der Waals surface area (Å²) in [5.41, 5.74) is 2.44. The van der Waals surface area contributed by atoms with Gasteiger partial charge in [-0.15, -0.1) is 0 Å². The first kappa shape index (κ1) is 13.7. The molecule has 0 unspecified atom stereocenters. The van der Waals surface area contributed by atoms with Crippen LogP contribution in [0.4, 0.5) is 5.69 Å². The van der Waals surface area contributed by atoms with E-state index < -0.39 is 0 Å². The zero-order valence-corrected chi connectivity index (χ0v) is 11.7. The van der Waals surface area contributed by atoms with E-state index in [1.165, 1.54) is 0 Å². The highest BCUT2D eigenvalue weighted by Gasteiger charge is 2.25. The van der Waals surface area contributed by atoms with Crippen LogP contribution in [0.15, 0.2) is 23.4 Å². The van der Waals surface area contributed by atoms with Gasteiger partial charge in [0.05, 0.1) is 6.04 Å². The van der Waals surface area contributed by atoms with Crippen LogP contribution in [-0.2, 0) is 11.2 Å². The number of nitrogens with one attached hydrogen (secondary N) is 1. The molecule has 0 bridgehead atoms. The minimum atomic E-state index is -0.159. The molecule has 2 aliphatic rings. The van der Waals surface area contributed by atoms with Gasteiger partial charge in [0.25, 0.3) is 5.91 Å². The summed E-state index contributed by atoms with van der Waals surface area (Å²) in [5, 5.41) is 5.86. The molecule has 1 aromatic rings. The molecule has 0 aliphatic carbocycles. The van der Waals surface area contributed by atoms with Gasteiger partial charge in [-0.05, 0) is 43.0 Å². The maximum Gasteiger partial charge on any atom is 0.253 e. The van der Waals surface area contributed by atoms with Crippen LogP contribution < -0.4 is 5.32 Å². The molecule has 6 nitrogen and oxygen atoms in total. The highest BCUT2D eigenvalue weighted by Crippen LogP contribution is 2.25. The van der Waals surface area contributed by atoms with Crippen molar-refractivity contribution in [1.82, 2.24) is 4.90 Å². The van der Waals surface area contributed by atoms with Gasteiger partial charge >= 0.3 is 0 Å². The van der Waals surface area contributed by atoms with Gasteiger partial charge in [0.2, 0.25) is 5.91 Å². The van der Waals surface area contributed by atoms with Crippen LogP contribution in [0.5, 0.6) is 0 Å². The number of carbonyl (C=O) groups is 2. The molecule has 0 spiro atoms. The molecule has 1 saturated heterocycles. The number of piperidine rings is 1. The number of aryl methyl sites for hydroxylation is 1. The summed E-state index contributed by atoms with van der Waals surface area (Å²) in [5.74, 6) is 0.00376. The Labute approximate surface area is 122 Å². The fraction of sp³-hybridized carbons (Fsp3) is 0.467. The van der Waals surface area contributed by atoms with Crippen molar-refractivity contribution in [2.75, 3.05) is 18.4 Å². The van der Waals surface area contributed by atoms with Crippen molar-refractivity contribution in [3.63, 3.8) is 0 Å². The first-order valence-corrected chi connectivity index (χ1v) is 7.22. The molecule has 3 rings (SSSR count). The number of nitrogens with zero attached hydrogens (tertiary/aromatic N) is 2. The Bertz CT molecular complexity index is 592. The monoisotopic (exact) mass is 287 g/mol. The number of rotatable bonds is 2. The summed E-state index contributed by atoms with van der Waals surface area (Å²) >= 11 is 0. The first-order valence-electron chi connectivity index (χ1n) is 7.22. The molecule has 1 N–H and O–H groups in total. The Morgan fingerprint density at radius 1 is 1.24 bits per heavy atom. The van der Waals surface area contributed by atoms with Crippen LogP contribution in [-0.4, -0.2) is 35.8 Å². The third kappa shape index (κ3) is 2.79. The second-order valence-corrected chi connectivity index (χ2v) is 5.55. The molecular formula is C15H17N3O3. The van der Waals surface area contributed by atoms with Gasteiger partial charge in [0.1, 0.15) is 0 Å². The third-order valence-corrected chi connectivity index (χ3v) is 4.15. The minimum Gasteiger partial charge on any atom is -0.338 e. The van der Waals surface area contributed by atoms with Gasteiger partial charge in [-0.1, -0.05) is 5.18 Å². The number of anilines is 1. The lowest BCUT2D eigenvalue weighted by molar-refractivity contribution is -0.116. The number of carbonyl (C=O) groups excluding carboxylic acids is 2. The molecule has 0 atom stereocenters. The quantitative estimate of drug-likeness (QED) is 0.844. The Hall–Kier alpha value is -2.24. The minimum absolute atomic E-state index is 0.0148. The number of benzene rings is 1. The molecule has 0 radical (unpaired) electrons. The Balaban J connectivity index is 1.73. The number of hydrogen-bond donors (Lipinski definition) is 1. The smallest absolute Gasteiger partial charge is 0.253 e. The molecular weight excluding hydrogens is 270 g/mol. The predicted octanol–water partition coefficient (Wildman–Crippen LogP) is 1.94. The second-order valence-electron chi connectivity index (χ2n) is 5.55. The SMILES string of the molecule is O=NC1CCN(C(=O)c2ccc3c(c2)CCC(=O)N3)CC1. The molecule has 0 aromatic heterocycles. The zero-order chi connectivity index (χ0) is 14.8. The zero-order valence-electron chi connectivity index (χ0n) is 11.7. The molecule has 2 heterocycles. The van der Waals surface area contributed by atoms with Crippen molar-refractivity contribution in [2.45, 2.75) is 31.7 Å². The van der Waals surface area contributed by atoms with E-state index in [0.717, 1.165) is 11.3 Å². The standard InChI is InChI=1S/C15H17N3O3/c19-14-4-2-10-9-11(1-3-13(10)16-14)15(20)18-7-5-12(17-21)6-8-18/h1,3,9,12H,2,4-8H2,(H,16,19). The summed E-state index contributed by atoms with van der Waals surface area (Å²) in [4.78, 5) is 36.1. The molecule has 110 valence electrons. The molecule has 2 amide bonds. The van der Waals surface area contributed by atoms with Gasteiger partial charge in [0.15, 0.2) is 0 Å². The lowest BCUT2D eigenvalue weighted by Gasteiger charge is -2.29. The number of hydrogen-bond acceptors (Lipinski definition) is 4. The second kappa shape index (κ2) is 5.63. The number of nitroso groups, excluding NO2 is 1. The van der Waals surface area contributed by atoms with Crippen molar-refractivity contribution < 1.29 is 9.59 Å². The van der Waals surface area contributed by atoms with Crippen LogP contribution >= 0.6 is 0 Å². The number of amides is 2. The van der Waals surface area contributed by atoms with Gasteiger partial charge < -0.3 is 10.2 Å². The van der Waals surface area contributed by atoms with E-state index in [9.17, 15) is 14.5 Å². The topological polar surface area (TPSA) is 78.8 Å². The van der Waals surface area contributed by atoms with Crippen LogP contribution in [0.25, 0.3) is 0 Å². The van der Waals surface area contributed by atoms with E-state index in [-0.39, 0.29) is 17.9 Å². The van der Waals surface area contributed by atoms with Crippen molar-refractivity contribution >= 4 is 17.5 Å². The summed E-state index contributed by atoms with van der Waals surface area (Å²) in [7, 11) is 0. The van der Waals surface area contributed by atoms with Crippen molar-refractivity contribution in [2.24, 2.45) is 5.18 Å². The lowest BCUT2D eigenvalue weighted by Crippen LogP contribution is -2.39. The summed E-state index contributed by atoms with van der Waals surface area (Å²) in [6.45, 7) is 1.14. The van der Waals surface area contributed by atoms with E-state index in [1.807, 2.05) is 6.07 Å². The maximum atomic E-state index is 12.5. The van der Waals surface area contributed by atoms with Gasteiger partial charge in [-0.25, -0.2) is 0 Å². The fourth-order valence-electron chi connectivity index (χ4n) is 2.87. The van der Waals surface area contributed by atoms with Gasteiger partial charge in [-0.2, -0.15) is 4.91 Å². The maximum absolute atomic E-state index is 12.5. The van der Waals surface area contributed by atoms with Crippen LogP contribution in [0.2, 0.25) is 0 Å². The normalized spacial score (nSPS) is 18.9. The third-order valence-electron chi connectivity index (χ3n) is 4.15. The largest absolute Gasteiger partial charge is 0.338 e. The first-order chi connectivity index (χ1) is 10.2. The predicted molar refractivity (Wildman–Crippen MR) is 78.1 cm³/mol. The van der Waals surface area contributed by atoms with Crippen LogP contribution in [0.1, 0.15) is 35.2 Å². The summed E-state index contributed by atoms with van der Waals surface area (Å²) in [6, 6.07) is 5.24. The average Bonchev–Trinajstić information content (AvgIpc) is 2.53. The molecule has 21 heavy (non-hydrogen) atoms. The highest BCUT2D eigenvalue weighted by molar-refractivity contribution is 5.98. The molecule has 0 saturated carbocycles. The summed E-state index contributed by atoms with van der Waals surface area (Å²) in [6.07, 6.45) is 2.40. The van der Waals surface area contributed by atoms with Gasteiger partial charge in [-0.3, -0.25) is 9.59 Å². The van der Waals surface area contributed by atoms with E-state index in [0.29, 0.717) is 44.3 Å². The number of likely N-dealkylation sites (tertiary alicyclic amines) is 1. The summed E-state index contributed by atoms with van der Waals surface area (Å²) < 4.78 is 0. The Kier molecular flexibility index (Phi) is 3.68. The molecule has 1 aromatic carbocycles. The van der Waals surface area contributed by atoms with E-state index in [2.05, 4.69) is 10.5 Å². The molecule has 6 heteroatoms. The lowest BCUT2D eigenvalue weighted by atomic mass is 9.99. The highest BCUT2D eigenvalue weighted by atomic mass is 16.3. The van der Waals surface area contributed by atoms with Crippen LogP contribution in [0.3, 0.4) is 0 Å². The van der Waals surface area contributed by atoms with Crippen molar-refractivity contribution in [3.8, 4) is 0 Å². The molecule has 2 aliphatic heterocycles. The van der Waals surface area contributed by atoms with E-state index in [1.54, 1.807) is 17.0 Å². The Morgan fingerprint density at radius 2 is 2.00 bits per heavy atom. The van der Waals surface area contributed by atoms with Gasteiger partial charge in [0, 0.05) is 30.8 Å². The number of fused-ring (bicyclic) bond motifs is 1. The average molecular weight is 287 g/mol. The van der Waals surface area contributed by atoms with Crippen molar-refractivity contribution in [1.29, 1.82) is 0 Å². The Morgan fingerprint density at radius 3 is 2.71 bits per heavy atom. The molecule has 1 fully saturated rings. The van der Waals surface area contributed by atoms with E-state index in [4.69, 9.17) is 0 Å².